The lowest BCUT2D eigenvalue weighted by Crippen LogP contribution is -2.53. The number of morpholine rings is 1. The average Bonchev–Trinajstić information content (AvgIpc) is 2.68. The smallest absolute Gasteiger partial charge is 0.317 e. The molecule has 5 heteroatoms. The third-order valence-corrected chi connectivity index (χ3v) is 2.96. The van der Waals surface area contributed by atoms with Crippen molar-refractivity contribution in [3.05, 3.63) is 0 Å². The Morgan fingerprint density at radius 3 is 2.56 bits per heavy atom. The fourth-order valence-corrected chi connectivity index (χ4v) is 2.26. The summed E-state index contributed by atoms with van der Waals surface area (Å²) < 4.78 is 10.8. The first-order valence-corrected chi connectivity index (χ1v) is 5.94. The molecule has 92 valence electrons. The largest absolute Gasteiger partial charge is 0.379 e. The van der Waals surface area contributed by atoms with Gasteiger partial charge in [-0.15, -0.1) is 0 Å². The number of nitrogens with zero attached hydrogens (tertiary/aromatic N) is 1. The van der Waals surface area contributed by atoms with Crippen LogP contribution in [-0.4, -0.2) is 55.5 Å². The van der Waals surface area contributed by atoms with Gasteiger partial charge in [-0.2, -0.15) is 0 Å². The topological polar surface area (TPSA) is 50.8 Å². The van der Waals surface area contributed by atoms with E-state index in [4.69, 9.17) is 9.47 Å². The maximum atomic E-state index is 11.9. The quantitative estimate of drug-likeness (QED) is 0.715. The summed E-state index contributed by atoms with van der Waals surface area (Å²) >= 11 is 0. The normalized spacial score (nSPS) is 35.1. The SMILES string of the molecule is C[C@@H]1CN(C(=O)NC2CCOC2)C[C@H](C)O1. The molecule has 0 saturated carbocycles. The number of ether oxygens (including phenoxy) is 2. The first kappa shape index (κ1) is 11.7. The molecule has 0 spiro atoms. The molecular weight excluding hydrogens is 208 g/mol. The molecule has 2 aliphatic rings. The third-order valence-electron chi connectivity index (χ3n) is 2.96. The van der Waals surface area contributed by atoms with Crippen LogP contribution in [0.4, 0.5) is 4.79 Å². The lowest BCUT2D eigenvalue weighted by Gasteiger charge is -2.35. The van der Waals surface area contributed by atoms with E-state index in [1.807, 2.05) is 18.7 Å². The summed E-state index contributed by atoms with van der Waals surface area (Å²) in [4.78, 5) is 13.8. The number of hydrogen-bond acceptors (Lipinski definition) is 3. The molecule has 1 N–H and O–H groups in total. The molecule has 16 heavy (non-hydrogen) atoms. The summed E-state index contributed by atoms with van der Waals surface area (Å²) in [6.07, 6.45) is 1.16. The van der Waals surface area contributed by atoms with Crippen LogP contribution in [0.15, 0.2) is 0 Å². The van der Waals surface area contributed by atoms with Crippen molar-refractivity contribution in [2.45, 2.75) is 38.5 Å². The van der Waals surface area contributed by atoms with E-state index in [1.54, 1.807) is 0 Å². The Morgan fingerprint density at radius 2 is 2.00 bits per heavy atom. The maximum absolute atomic E-state index is 11.9. The van der Waals surface area contributed by atoms with Gasteiger partial charge >= 0.3 is 6.03 Å². The Kier molecular flexibility index (Phi) is 3.66. The lowest BCUT2D eigenvalue weighted by molar-refractivity contribution is -0.0547. The van der Waals surface area contributed by atoms with Gasteiger partial charge in [0.05, 0.1) is 24.9 Å². The number of carbonyl (C=O) groups excluding carboxylic acids is 1. The molecule has 2 amide bonds. The van der Waals surface area contributed by atoms with Crippen LogP contribution in [0.1, 0.15) is 20.3 Å². The molecule has 0 radical (unpaired) electrons. The number of carbonyl (C=O) groups is 1. The molecule has 2 saturated heterocycles. The number of nitrogens with one attached hydrogen (secondary N) is 1. The molecule has 0 aromatic heterocycles. The summed E-state index contributed by atoms with van der Waals surface area (Å²) in [5.74, 6) is 0. The zero-order valence-corrected chi connectivity index (χ0v) is 9.94. The van der Waals surface area contributed by atoms with E-state index in [0.717, 1.165) is 13.0 Å². The van der Waals surface area contributed by atoms with Crippen molar-refractivity contribution in [2.24, 2.45) is 0 Å². The summed E-state index contributed by atoms with van der Waals surface area (Å²) in [6.45, 7) is 6.72. The predicted octanol–water partition coefficient (Wildman–Crippen LogP) is 0.594. The third kappa shape index (κ3) is 2.86. The van der Waals surface area contributed by atoms with E-state index in [1.165, 1.54) is 0 Å². The molecule has 1 unspecified atom stereocenters. The van der Waals surface area contributed by atoms with Gasteiger partial charge in [0.2, 0.25) is 0 Å². The van der Waals surface area contributed by atoms with Gasteiger partial charge in [0.15, 0.2) is 0 Å². The highest BCUT2D eigenvalue weighted by Crippen LogP contribution is 2.11. The van der Waals surface area contributed by atoms with E-state index in [2.05, 4.69) is 5.32 Å². The van der Waals surface area contributed by atoms with E-state index < -0.39 is 0 Å². The molecule has 0 bridgehead atoms. The van der Waals surface area contributed by atoms with Crippen molar-refractivity contribution in [3.63, 3.8) is 0 Å². The number of hydrogen-bond donors (Lipinski definition) is 1. The van der Waals surface area contributed by atoms with Gasteiger partial charge in [0, 0.05) is 19.7 Å². The monoisotopic (exact) mass is 228 g/mol. The Morgan fingerprint density at radius 1 is 1.31 bits per heavy atom. The molecule has 2 heterocycles. The summed E-state index contributed by atoms with van der Waals surface area (Å²) in [5, 5.41) is 3.00. The molecule has 0 aliphatic carbocycles. The van der Waals surface area contributed by atoms with Crippen molar-refractivity contribution in [3.8, 4) is 0 Å². The summed E-state index contributed by atoms with van der Waals surface area (Å²) in [5.41, 5.74) is 0. The summed E-state index contributed by atoms with van der Waals surface area (Å²) in [6, 6.07) is 0.193. The van der Waals surface area contributed by atoms with E-state index in [0.29, 0.717) is 19.7 Å². The minimum atomic E-state index is 0.0116. The fraction of sp³-hybridized carbons (Fsp3) is 0.909. The van der Waals surface area contributed by atoms with Crippen LogP contribution < -0.4 is 5.32 Å². The van der Waals surface area contributed by atoms with Crippen LogP contribution >= 0.6 is 0 Å². The van der Waals surface area contributed by atoms with Gasteiger partial charge in [-0.25, -0.2) is 4.79 Å². The fourth-order valence-electron chi connectivity index (χ4n) is 2.26. The Bertz CT molecular complexity index is 244. The van der Waals surface area contributed by atoms with Gasteiger partial charge in [-0.1, -0.05) is 0 Å². The highest BCUT2D eigenvalue weighted by atomic mass is 16.5. The summed E-state index contributed by atoms with van der Waals surface area (Å²) in [7, 11) is 0. The second-order valence-electron chi connectivity index (χ2n) is 4.67. The van der Waals surface area contributed by atoms with Crippen LogP contribution in [-0.2, 0) is 9.47 Å². The molecule has 0 aromatic rings. The zero-order valence-electron chi connectivity index (χ0n) is 9.94. The van der Waals surface area contributed by atoms with Crippen LogP contribution in [0.2, 0.25) is 0 Å². The Balaban J connectivity index is 1.83. The first-order valence-electron chi connectivity index (χ1n) is 5.94. The van der Waals surface area contributed by atoms with Crippen molar-refractivity contribution >= 4 is 6.03 Å². The van der Waals surface area contributed by atoms with Gasteiger partial charge in [-0.05, 0) is 20.3 Å². The minimum absolute atomic E-state index is 0.0116. The molecule has 5 nitrogen and oxygen atoms in total. The first-order chi connectivity index (χ1) is 7.65. The standard InChI is InChI=1S/C11H20N2O3/c1-8-5-13(6-9(2)16-8)11(14)12-10-3-4-15-7-10/h8-10H,3-7H2,1-2H3,(H,12,14)/t8-,9+,10?. The number of rotatable bonds is 1. The highest BCUT2D eigenvalue weighted by molar-refractivity contribution is 5.74. The molecular formula is C11H20N2O3. The van der Waals surface area contributed by atoms with Gasteiger partial charge in [0.25, 0.3) is 0 Å². The molecule has 2 rings (SSSR count). The van der Waals surface area contributed by atoms with E-state index in [9.17, 15) is 4.79 Å². The number of amides is 2. The predicted molar refractivity (Wildman–Crippen MR) is 59.3 cm³/mol. The zero-order chi connectivity index (χ0) is 11.5. The molecule has 2 fully saturated rings. The van der Waals surface area contributed by atoms with Crippen LogP contribution in [0, 0.1) is 0 Å². The lowest BCUT2D eigenvalue weighted by atomic mass is 10.2. The van der Waals surface area contributed by atoms with Gasteiger partial charge in [-0.3, -0.25) is 0 Å². The second-order valence-corrected chi connectivity index (χ2v) is 4.67. The molecule has 3 atom stereocenters. The second kappa shape index (κ2) is 5.01. The van der Waals surface area contributed by atoms with Crippen molar-refractivity contribution < 1.29 is 14.3 Å². The van der Waals surface area contributed by atoms with E-state index >= 15 is 0 Å². The maximum Gasteiger partial charge on any atom is 0.317 e. The molecule has 0 aromatic carbocycles. The van der Waals surface area contributed by atoms with Gasteiger partial charge in [0.1, 0.15) is 0 Å². The van der Waals surface area contributed by atoms with Crippen molar-refractivity contribution in [2.75, 3.05) is 26.3 Å². The van der Waals surface area contributed by atoms with E-state index in [-0.39, 0.29) is 24.3 Å². The highest BCUT2D eigenvalue weighted by Gasteiger charge is 2.27. The van der Waals surface area contributed by atoms with Crippen LogP contribution in [0.3, 0.4) is 0 Å². The number of urea groups is 1. The van der Waals surface area contributed by atoms with Gasteiger partial charge < -0.3 is 19.7 Å². The Hall–Kier alpha value is -0.810. The minimum Gasteiger partial charge on any atom is -0.379 e. The van der Waals surface area contributed by atoms with Crippen LogP contribution in [0.25, 0.3) is 0 Å². The van der Waals surface area contributed by atoms with Crippen molar-refractivity contribution in [1.29, 1.82) is 0 Å². The molecule has 2 aliphatic heterocycles. The average molecular weight is 228 g/mol. The van der Waals surface area contributed by atoms with Crippen molar-refractivity contribution in [1.82, 2.24) is 10.2 Å². The Labute approximate surface area is 96.1 Å². The van der Waals surface area contributed by atoms with Crippen LogP contribution in [0.5, 0.6) is 0 Å².